The van der Waals surface area contributed by atoms with Gasteiger partial charge in [-0.15, -0.1) is 12.4 Å². The van der Waals surface area contributed by atoms with Crippen molar-refractivity contribution in [1.29, 1.82) is 0 Å². The molecule has 1 aromatic rings. The normalized spacial score (nSPS) is 19.6. The standard InChI is InChI=1S/C13H16Cl2N2O.ClH/c1-8(9-4-2-5-10(14)12(9)15)17-13(18)11-6-3-7-16-11;/h2,4-5,8,11,16H,3,6-7H2,1H3,(H,17,18);1H. The Morgan fingerprint density at radius 2 is 2.21 bits per heavy atom. The van der Waals surface area contributed by atoms with Crippen LogP contribution in [0.25, 0.3) is 0 Å². The van der Waals surface area contributed by atoms with E-state index in [0.717, 1.165) is 24.9 Å². The number of amides is 1. The lowest BCUT2D eigenvalue weighted by Gasteiger charge is -2.19. The Bertz CT molecular complexity index is 448. The minimum Gasteiger partial charge on any atom is -0.348 e. The molecule has 1 aliphatic heterocycles. The van der Waals surface area contributed by atoms with Crippen molar-refractivity contribution in [2.45, 2.75) is 31.8 Å². The first-order valence-corrected chi connectivity index (χ1v) is 6.83. The Kier molecular flexibility index (Phi) is 6.40. The van der Waals surface area contributed by atoms with Gasteiger partial charge in [-0.1, -0.05) is 35.3 Å². The highest BCUT2D eigenvalue weighted by Crippen LogP contribution is 2.29. The van der Waals surface area contributed by atoms with Crippen LogP contribution in [0, 0.1) is 0 Å². The molecule has 1 saturated heterocycles. The molecular weight excluding hydrogens is 307 g/mol. The number of halogens is 3. The lowest BCUT2D eigenvalue weighted by atomic mass is 10.1. The molecular formula is C13H17Cl3N2O. The van der Waals surface area contributed by atoms with Gasteiger partial charge in [0.1, 0.15) is 0 Å². The molecule has 1 fully saturated rings. The molecule has 0 bridgehead atoms. The van der Waals surface area contributed by atoms with Crippen LogP contribution in [0.5, 0.6) is 0 Å². The van der Waals surface area contributed by atoms with Gasteiger partial charge in [-0.2, -0.15) is 0 Å². The number of carbonyl (C=O) groups excluding carboxylic acids is 1. The van der Waals surface area contributed by atoms with Gasteiger partial charge in [-0.05, 0) is 37.9 Å². The van der Waals surface area contributed by atoms with E-state index in [2.05, 4.69) is 10.6 Å². The quantitative estimate of drug-likeness (QED) is 0.895. The fourth-order valence-corrected chi connectivity index (χ4v) is 2.63. The highest BCUT2D eigenvalue weighted by atomic mass is 35.5. The molecule has 0 radical (unpaired) electrons. The number of rotatable bonds is 3. The van der Waals surface area contributed by atoms with Crippen LogP contribution < -0.4 is 10.6 Å². The summed E-state index contributed by atoms with van der Waals surface area (Å²) in [4.78, 5) is 12.0. The Balaban J connectivity index is 0.00000180. The molecule has 2 atom stereocenters. The summed E-state index contributed by atoms with van der Waals surface area (Å²) >= 11 is 12.1. The fraction of sp³-hybridized carbons (Fsp3) is 0.462. The second-order valence-electron chi connectivity index (χ2n) is 4.52. The summed E-state index contributed by atoms with van der Waals surface area (Å²) in [6.07, 6.45) is 1.94. The first-order chi connectivity index (χ1) is 8.59. The van der Waals surface area contributed by atoms with Crippen molar-refractivity contribution in [2.24, 2.45) is 0 Å². The van der Waals surface area contributed by atoms with E-state index in [0.29, 0.717) is 10.0 Å². The molecule has 2 rings (SSSR count). The molecule has 1 amide bonds. The van der Waals surface area contributed by atoms with E-state index in [1.54, 1.807) is 6.07 Å². The van der Waals surface area contributed by atoms with Crippen LogP contribution in [0.3, 0.4) is 0 Å². The molecule has 0 aliphatic carbocycles. The maximum atomic E-state index is 12.0. The predicted octanol–water partition coefficient (Wildman–Crippen LogP) is 3.34. The Labute approximate surface area is 129 Å². The average molecular weight is 324 g/mol. The monoisotopic (exact) mass is 322 g/mol. The van der Waals surface area contributed by atoms with Crippen molar-refractivity contribution in [3.63, 3.8) is 0 Å². The number of benzene rings is 1. The Hall–Kier alpha value is -0.480. The van der Waals surface area contributed by atoms with Gasteiger partial charge in [0.25, 0.3) is 0 Å². The molecule has 6 heteroatoms. The van der Waals surface area contributed by atoms with Crippen molar-refractivity contribution in [2.75, 3.05) is 6.54 Å². The van der Waals surface area contributed by atoms with Gasteiger partial charge >= 0.3 is 0 Å². The summed E-state index contributed by atoms with van der Waals surface area (Å²) in [5.74, 6) is 0.0241. The third-order valence-corrected chi connectivity index (χ3v) is 4.02. The van der Waals surface area contributed by atoms with E-state index in [9.17, 15) is 4.79 Å². The van der Waals surface area contributed by atoms with Crippen molar-refractivity contribution in [3.8, 4) is 0 Å². The first kappa shape index (κ1) is 16.6. The van der Waals surface area contributed by atoms with Gasteiger partial charge < -0.3 is 10.6 Å². The van der Waals surface area contributed by atoms with Gasteiger partial charge in [0.05, 0.1) is 22.1 Å². The van der Waals surface area contributed by atoms with Gasteiger partial charge in [0.15, 0.2) is 0 Å². The molecule has 0 aromatic heterocycles. The summed E-state index contributed by atoms with van der Waals surface area (Å²) in [6.45, 7) is 2.81. The summed E-state index contributed by atoms with van der Waals surface area (Å²) in [5, 5.41) is 7.14. The van der Waals surface area contributed by atoms with Crippen LogP contribution in [0.4, 0.5) is 0 Å². The lowest BCUT2D eigenvalue weighted by Crippen LogP contribution is -2.41. The molecule has 3 nitrogen and oxygen atoms in total. The van der Waals surface area contributed by atoms with Crippen LogP contribution >= 0.6 is 35.6 Å². The highest BCUT2D eigenvalue weighted by molar-refractivity contribution is 6.42. The molecule has 1 heterocycles. The number of hydrogen-bond donors (Lipinski definition) is 2. The van der Waals surface area contributed by atoms with E-state index < -0.39 is 0 Å². The van der Waals surface area contributed by atoms with E-state index in [-0.39, 0.29) is 30.4 Å². The van der Waals surface area contributed by atoms with Gasteiger partial charge in [0.2, 0.25) is 5.91 Å². The zero-order chi connectivity index (χ0) is 13.1. The molecule has 1 aliphatic rings. The number of hydrogen-bond acceptors (Lipinski definition) is 2. The smallest absolute Gasteiger partial charge is 0.237 e. The van der Waals surface area contributed by atoms with E-state index in [4.69, 9.17) is 23.2 Å². The SMILES string of the molecule is CC(NC(=O)C1CCCN1)c1cccc(Cl)c1Cl.Cl. The minimum atomic E-state index is -0.147. The van der Waals surface area contributed by atoms with Crippen LogP contribution in [0.15, 0.2) is 18.2 Å². The summed E-state index contributed by atoms with van der Waals surface area (Å²) in [5.41, 5.74) is 0.843. The predicted molar refractivity (Wildman–Crippen MR) is 81.3 cm³/mol. The van der Waals surface area contributed by atoms with Crippen LogP contribution in [0.1, 0.15) is 31.4 Å². The van der Waals surface area contributed by atoms with Crippen molar-refractivity contribution in [3.05, 3.63) is 33.8 Å². The van der Waals surface area contributed by atoms with Crippen molar-refractivity contribution in [1.82, 2.24) is 10.6 Å². The molecule has 2 N–H and O–H groups in total. The van der Waals surface area contributed by atoms with Crippen molar-refractivity contribution < 1.29 is 4.79 Å². The van der Waals surface area contributed by atoms with Crippen LogP contribution in [0.2, 0.25) is 10.0 Å². The third kappa shape index (κ3) is 3.99. The first-order valence-electron chi connectivity index (χ1n) is 6.07. The van der Waals surface area contributed by atoms with E-state index in [1.165, 1.54) is 0 Å². The fourth-order valence-electron chi connectivity index (χ4n) is 2.15. The maximum absolute atomic E-state index is 12.0. The zero-order valence-electron chi connectivity index (χ0n) is 10.6. The second kappa shape index (κ2) is 7.34. The average Bonchev–Trinajstić information content (AvgIpc) is 2.86. The Morgan fingerprint density at radius 3 is 2.84 bits per heavy atom. The van der Waals surface area contributed by atoms with Crippen LogP contribution in [-0.4, -0.2) is 18.5 Å². The maximum Gasteiger partial charge on any atom is 0.237 e. The summed E-state index contributed by atoms with van der Waals surface area (Å²) in [6, 6.07) is 5.22. The lowest BCUT2D eigenvalue weighted by molar-refractivity contribution is -0.123. The molecule has 0 saturated carbocycles. The van der Waals surface area contributed by atoms with E-state index >= 15 is 0 Å². The largest absolute Gasteiger partial charge is 0.348 e. The molecule has 1 aromatic carbocycles. The zero-order valence-corrected chi connectivity index (χ0v) is 12.9. The molecule has 2 unspecified atom stereocenters. The van der Waals surface area contributed by atoms with Gasteiger partial charge in [0, 0.05) is 0 Å². The summed E-state index contributed by atoms with van der Waals surface area (Å²) in [7, 11) is 0. The third-order valence-electron chi connectivity index (χ3n) is 3.18. The number of carbonyl (C=O) groups is 1. The minimum absolute atomic E-state index is 0. The van der Waals surface area contributed by atoms with Crippen molar-refractivity contribution >= 4 is 41.5 Å². The van der Waals surface area contributed by atoms with Gasteiger partial charge in [-0.25, -0.2) is 0 Å². The Morgan fingerprint density at radius 1 is 1.47 bits per heavy atom. The summed E-state index contributed by atoms with van der Waals surface area (Å²) < 4.78 is 0. The van der Waals surface area contributed by atoms with Crippen LogP contribution in [-0.2, 0) is 4.79 Å². The molecule has 19 heavy (non-hydrogen) atoms. The molecule has 0 spiro atoms. The topological polar surface area (TPSA) is 41.1 Å². The molecule has 106 valence electrons. The van der Waals surface area contributed by atoms with E-state index in [1.807, 2.05) is 19.1 Å². The van der Waals surface area contributed by atoms with Gasteiger partial charge in [-0.3, -0.25) is 4.79 Å². The number of nitrogens with one attached hydrogen (secondary N) is 2. The highest BCUT2D eigenvalue weighted by Gasteiger charge is 2.24. The second-order valence-corrected chi connectivity index (χ2v) is 5.31.